The summed E-state index contributed by atoms with van der Waals surface area (Å²) in [5.41, 5.74) is 13.2. The number of aryl methyl sites for hydroxylation is 2. The molecule has 4 fully saturated rings. The Hall–Kier alpha value is -10.2. The number of phosphoric acid groups is 1. The fourth-order valence-electron chi connectivity index (χ4n) is 19.8. The lowest BCUT2D eigenvalue weighted by Gasteiger charge is -2.37. The largest absolute Gasteiger partial charge is 0.481 e. The highest BCUT2D eigenvalue weighted by Crippen LogP contribution is 2.49. The summed E-state index contributed by atoms with van der Waals surface area (Å²) in [5.74, 6) is -0.325. The number of benzene rings is 10. The van der Waals surface area contributed by atoms with E-state index in [2.05, 4.69) is 73.7 Å². The lowest BCUT2D eigenvalue weighted by molar-refractivity contribution is -0.134. The SMILES string of the molecule is CP(C)(=O)CC(=O)O.Cc1cc(S(=O)(=O)Nc2ccc(N3CCN(c4cc(F)cc(-c5c(S(C)(=O)=O)c(C)n(C(C)C)c5-c5ccc(Cl)cc5)c4)CC3)cc2)ccc1N[C@H](CCN1CCC(O)CC1)CSc1ccccc1.Cc1cc(S(=O)(=O)Nc2ccc(N3CCN(c4cc(F)cc(-c5c(S(C)(=O)=O)c(C)n(C(C)C)c5-c5ccc(Cl)cc5)c4)CC3)cc2)ccc1N[C@H](CCN1CCC(OP(=O)(O)O)CC1)CSc1ccccc1. The molecule has 8 N–H and O–H groups in total. The fourth-order valence-corrected chi connectivity index (χ4v) is 28.0. The standard InChI is InChI=1S/C53H63ClFN6O8PS3.C53H62ClFN6O5S3.C4H9O3P/c1-36(2)61-38(4)53(72(5,65)66)51(52(61)39-11-13-41(54)14-12-39)40-32-42(55)34-46(33-40)60-29-27-59(28-30-60)45-17-15-43(16-18-45)57-73(67,68)49-19-20-50(37(3)31-49)56-44(35-71-48-9-7-6-8-10-48)21-24-58-25-22-47(23-26-58)69-70(62,63)64;1-36(2)61-38(4)53(68(5,63)64)51(52(61)39-11-13-41(54)14-12-39)40-32-42(55)34-46(33-40)60-29-27-59(28-30-60)45-17-15-43(16-18-45)57-69(65,66)49-19-20-50(37(3)31-49)56-44(35-67-48-9-7-6-8-10-48)21-24-58-25-22-47(62)23-26-58;1-8(2,7)3-4(5)6/h6-20,31-34,36,44,47,56-57H,21-30,35H2,1-5H3,(H2,62,63,64);6-20,31-34,36,44,47,56-57,62H,21-30,35H2,1-5H3;3H2,1-2H3,(H,5,6)/t2*44-;/m11./s1. The zero-order valence-corrected chi connectivity index (χ0v) is 94.5. The van der Waals surface area contributed by atoms with E-state index in [-0.39, 0.29) is 56.0 Å². The smallest absolute Gasteiger partial charge is 0.469 e. The maximum atomic E-state index is 15.8. The molecule has 0 spiro atoms. The molecule has 12 aromatic rings. The number of hydrogen-bond donors (Lipinski definition) is 8. The molecule has 4 aliphatic rings. The molecule has 2 aromatic heterocycles. The van der Waals surface area contributed by atoms with Gasteiger partial charge in [-0.05, 0) is 310 Å². The Balaban J connectivity index is 0.000000220. The third kappa shape index (κ3) is 31.1. The van der Waals surface area contributed by atoms with E-state index in [0.717, 1.165) is 113 Å². The summed E-state index contributed by atoms with van der Waals surface area (Å²) in [4.78, 5) is 44.6. The van der Waals surface area contributed by atoms with E-state index in [9.17, 15) is 62.5 Å². The van der Waals surface area contributed by atoms with Gasteiger partial charge in [-0.25, -0.2) is 47.0 Å². The number of carboxylic acids is 1. The van der Waals surface area contributed by atoms with Crippen molar-refractivity contribution in [3.63, 3.8) is 0 Å². The van der Waals surface area contributed by atoms with Crippen molar-refractivity contribution in [1.29, 1.82) is 0 Å². The van der Waals surface area contributed by atoms with Gasteiger partial charge in [-0.1, -0.05) is 83.9 Å². The normalized spacial score (nSPS) is 15.5. The van der Waals surface area contributed by atoms with Crippen LogP contribution in [0.4, 0.5) is 54.3 Å². The molecule has 6 heterocycles. The van der Waals surface area contributed by atoms with Crippen molar-refractivity contribution >= 4 is 153 Å². The number of anilines is 8. The van der Waals surface area contributed by atoms with Crippen molar-refractivity contribution in [3.05, 3.63) is 275 Å². The molecule has 4 aliphatic heterocycles. The van der Waals surface area contributed by atoms with Gasteiger partial charge in [0.05, 0.1) is 56.5 Å². The van der Waals surface area contributed by atoms with Gasteiger partial charge in [0.25, 0.3) is 20.0 Å². The highest BCUT2D eigenvalue weighted by atomic mass is 35.5. The van der Waals surface area contributed by atoms with Crippen LogP contribution in [0.5, 0.6) is 0 Å². The number of piperidine rings is 2. The second-order valence-corrected chi connectivity index (χ2v) is 54.7. The third-order valence-corrected chi connectivity index (χ3v) is 36.7. The number of halogens is 4. The van der Waals surface area contributed by atoms with Gasteiger partial charge in [-0.15, -0.1) is 23.5 Å². The first-order chi connectivity index (χ1) is 71.0. The predicted octanol–water partition coefficient (Wildman–Crippen LogP) is 22.3. The number of likely N-dealkylation sites (tertiary alicyclic amines) is 2. The van der Waals surface area contributed by atoms with Crippen molar-refractivity contribution < 1.29 is 80.9 Å². The lowest BCUT2D eigenvalue weighted by Crippen LogP contribution is -2.46. The van der Waals surface area contributed by atoms with Gasteiger partial charge >= 0.3 is 13.8 Å². The minimum absolute atomic E-state index is 0.0363. The fraction of sp³-hybridized carbons (Fsp3) is 0.373. The average molecular weight is 2240 g/mol. The number of sulfone groups is 2. The van der Waals surface area contributed by atoms with Crippen molar-refractivity contribution in [2.24, 2.45) is 0 Å². The molecule has 0 bridgehead atoms. The second-order valence-electron chi connectivity index (χ2n) is 39.7. The van der Waals surface area contributed by atoms with Crippen LogP contribution in [0.1, 0.15) is 101 Å². The number of aliphatic hydroxyl groups excluding tert-OH is 1. The third-order valence-electron chi connectivity index (χ3n) is 27.0. The van der Waals surface area contributed by atoms with Crippen LogP contribution < -0.4 is 39.7 Å². The number of aliphatic carboxylic acids is 1. The zero-order chi connectivity index (χ0) is 108. The van der Waals surface area contributed by atoms with Crippen LogP contribution >= 0.6 is 61.7 Å². The molecule has 10 aromatic carbocycles. The minimum Gasteiger partial charge on any atom is -0.481 e. The van der Waals surface area contributed by atoms with Crippen LogP contribution in [0.2, 0.25) is 10.0 Å². The summed E-state index contributed by atoms with van der Waals surface area (Å²) in [6, 6.07) is 69.3. The number of nitrogens with one attached hydrogen (secondary N) is 4. The first-order valence-electron chi connectivity index (χ1n) is 50.0. The highest BCUT2D eigenvalue weighted by Gasteiger charge is 2.36. The van der Waals surface area contributed by atoms with E-state index in [0.29, 0.717) is 156 Å². The number of aliphatic hydroxyl groups is 1. The monoisotopic (exact) mass is 2240 g/mol. The van der Waals surface area contributed by atoms with Crippen LogP contribution in [0.15, 0.2) is 260 Å². The number of thioether (sulfide) groups is 2. The number of nitrogens with zero attached hydrogens (tertiary/aromatic N) is 8. The summed E-state index contributed by atoms with van der Waals surface area (Å²) in [7, 11) is -22.2. The van der Waals surface area contributed by atoms with Gasteiger partial charge in [-0.3, -0.25) is 18.8 Å². The van der Waals surface area contributed by atoms with Crippen LogP contribution in [-0.2, 0) is 58.2 Å². The Morgan fingerprint density at radius 2 is 0.800 bits per heavy atom. The Kier molecular flexibility index (Phi) is 38.7. The van der Waals surface area contributed by atoms with Crippen molar-refractivity contribution in [2.45, 2.75) is 160 Å². The molecule has 0 aliphatic carbocycles. The Morgan fingerprint density at radius 3 is 1.11 bits per heavy atom. The minimum atomic E-state index is -4.53. The molecule has 4 saturated heterocycles. The molecule has 804 valence electrons. The Labute approximate surface area is 899 Å². The maximum absolute atomic E-state index is 15.8. The number of carboxylic acid groups (broad SMARTS) is 1. The van der Waals surface area contributed by atoms with Gasteiger partial charge in [0.15, 0.2) is 19.7 Å². The first-order valence-corrected chi connectivity index (χ1v) is 63.8. The Bertz CT molecular complexity index is 7300. The molecule has 0 radical (unpaired) electrons. The number of hydrogen-bond acceptors (Lipinski definition) is 23. The van der Waals surface area contributed by atoms with Gasteiger partial charge in [0, 0.05) is 228 Å². The molecular formula is C110H134Cl2F2N12O16P2S6. The number of piperazine rings is 2. The first kappa shape index (κ1) is 115. The summed E-state index contributed by atoms with van der Waals surface area (Å²) in [6.45, 7) is 27.8. The molecule has 40 heteroatoms. The number of aromatic nitrogens is 2. The van der Waals surface area contributed by atoms with E-state index >= 15 is 8.78 Å². The van der Waals surface area contributed by atoms with Gasteiger partial charge in [0.1, 0.15) is 11.6 Å². The average Bonchev–Trinajstić information content (AvgIpc) is 1.58. The van der Waals surface area contributed by atoms with Crippen molar-refractivity contribution in [1.82, 2.24) is 18.9 Å². The molecule has 28 nitrogen and oxygen atoms in total. The summed E-state index contributed by atoms with van der Waals surface area (Å²) in [5, 5.41) is 26.5. The van der Waals surface area contributed by atoms with E-state index in [1.54, 1.807) is 116 Å². The topological polar surface area (TPSA) is 355 Å². The van der Waals surface area contributed by atoms with Crippen molar-refractivity contribution in [3.8, 4) is 44.8 Å². The summed E-state index contributed by atoms with van der Waals surface area (Å²) >= 11 is 16.1. The lowest BCUT2D eigenvalue weighted by atomic mass is 9.99. The van der Waals surface area contributed by atoms with Gasteiger partial charge in [0.2, 0.25) is 0 Å². The number of sulfonamides is 2. The van der Waals surface area contributed by atoms with Crippen molar-refractivity contribution in [2.75, 3.05) is 175 Å². The summed E-state index contributed by atoms with van der Waals surface area (Å²) in [6.07, 6.45) is 5.88. The molecule has 150 heavy (non-hydrogen) atoms. The molecule has 0 amide bonds. The van der Waals surface area contributed by atoms with Crippen LogP contribution in [-0.4, -0.2) is 238 Å². The van der Waals surface area contributed by atoms with Crippen LogP contribution in [0.25, 0.3) is 44.8 Å². The highest BCUT2D eigenvalue weighted by molar-refractivity contribution is 7.99. The summed E-state index contributed by atoms with van der Waals surface area (Å²) < 4.78 is 177. The van der Waals surface area contributed by atoms with E-state index in [4.69, 9.17) is 32.8 Å². The molecular weight excluding hydrogens is 2110 g/mol. The van der Waals surface area contributed by atoms with E-state index in [1.165, 1.54) is 55.0 Å². The Morgan fingerprint density at radius 1 is 0.453 bits per heavy atom. The van der Waals surface area contributed by atoms with Crippen LogP contribution in [0, 0.1) is 39.3 Å². The molecule has 0 saturated carbocycles. The quantitative estimate of drug-likeness (QED) is 0.0132. The van der Waals surface area contributed by atoms with Crippen LogP contribution in [0.3, 0.4) is 0 Å². The van der Waals surface area contributed by atoms with Gasteiger partial charge < -0.3 is 73.7 Å². The molecule has 16 rings (SSSR count). The van der Waals surface area contributed by atoms with E-state index in [1.807, 2.05) is 154 Å². The number of carbonyl (C=O) groups is 1. The number of phosphoric ester groups is 1. The molecule has 2 atom stereocenters. The van der Waals surface area contributed by atoms with E-state index < -0.39 is 78.4 Å². The maximum Gasteiger partial charge on any atom is 0.469 e. The number of rotatable bonds is 38. The van der Waals surface area contributed by atoms with Gasteiger partial charge in [-0.2, -0.15) is 0 Å². The second kappa shape index (κ2) is 50.3. The molecule has 0 unspecified atom stereocenters. The predicted molar refractivity (Wildman–Crippen MR) is 607 cm³/mol. The zero-order valence-electron chi connectivity index (χ0n) is 86.3.